The Morgan fingerprint density at radius 2 is 1.81 bits per heavy atom. The van der Waals surface area contributed by atoms with Gasteiger partial charge in [0.25, 0.3) is 0 Å². The molecule has 0 fully saturated rings. The first-order chi connectivity index (χ1) is 7.19. The molecule has 92 valence electrons. The van der Waals surface area contributed by atoms with Crippen LogP contribution in [0.4, 0.5) is 0 Å². The third-order valence-electron chi connectivity index (χ3n) is 2.34. The molecular formula is C12H20ClNO2. The number of nitrogens with one attached hydrogen (secondary N) is 1. The number of hydrogen-bond donors (Lipinski definition) is 2. The van der Waals surface area contributed by atoms with Crippen LogP contribution in [0.5, 0.6) is 5.75 Å². The number of hydrogen-bond acceptors (Lipinski definition) is 3. The summed E-state index contributed by atoms with van der Waals surface area (Å²) in [5.41, 5.74) is 3.52. The highest BCUT2D eigenvalue weighted by Gasteiger charge is 2.04. The summed E-state index contributed by atoms with van der Waals surface area (Å²) >= 11 is 0. The molecule has 0 saturated carbocycles. The van der Waals surface area contributed by atoms with Crippen molar-refractivity contribution >= 4 is 12.4 Å². The number of methoxy groups -OCH3 is 1. The van der Waals surface area contributed by atoms with Gasteiger partial charge in [-0.15, -0.1) is 12.4 Å². The van der Waals surface area contributed by atoms with Crippen molar-refractivity contribution < 1.29 is 9.84 Å². The summed E-state index contributed by atoms with van der Waals surface area (Å²) in [5.74, 6) is 0.959. The number of rotatable bonds is 5. The normalized spacial score (nSPS) is 9.75. The summed E-state index contributed by atoms with van der Waals surface area (Å²) in [5, 5.41) is 11.8. The Kier molecular flexibility index (Phi) is 7.13. The molecule has 0 spiro atoms. The maximum Gasteiger partial charge on any atom is 0.124 e. The molecule has 2 N–H and O–H groups in total. The number of benzene rings is 1. The van der Waals surface area contributed by atoms with E-state index in [1.807, 2.05) is 13.8 Å². The summed E-state index contributed by atoms with van der Waals surface area (Å²) in [7, 11) is 1.69. The van der Waals surface area contributed by atoms with Gasteiger partial charge < -0.3 is 15.2 Å². The van der Waals surface area contributed by atoms with E-state index in [9.17, 15) is 0 Å². The van der Waals surface area contributed by atoms with Gasteiger partial charge in [-0.2, -0.15) is 0 Å². The summed E-state index contributed by atoms with van der Waals surface area (Å²) in [6.45, 7) is 5.67. The number of aryl methyl sites for hydroxylation is 2. The highest BCUT2D eigenvalue weighted by Crippen LogP contribution is 2.24. The molecule has 0 unspecified atom stereocenters. The minimum Gasteiger partial charge on any atom is -0.496 e. The zero-order chi connectivity index (χ0) is 11.3. The van der Waals surface area contributed by atoms with Gasteiger partial charge in [0.2, 0.25) is 0 Å². The highest BCUT2D eigenvalue weighted by atomic mass is 35.5. The van der Waals surface area contributed by atoms with Crippen molar-refractivity contribution in [2.45, 2.75) is 20.4 Å². The fourth-order valence-electron chi connectivity index (χ4n) is 1.78. The third kappa shape index (κ3) is 4.00. The molecule has 0 heterocycles. The zero-order valence-corrected chi connectivity index (χ0v) is 10.9. The predicted octanol–water partition coefficient (Wildman–Crippen LogP) is 1.82. The van der Waals surface area contributed by atoms with E-state index < -0.39 is 0 Å². The number of ether oxygens (including phenoxy) is 1. The van der Waals surface area contributed by atoms with Crippen LogP contribution in [0.15, 0.2) is 12.1 Å². The molecule has 0 saturated heterocycles. The fourth-order valence-corrected chi connectivity index (χ4v) is 1.78. The first-order valence-electron chi connectivity index (χ1n) is 5.14. The Bertz CT molecular complexity index is 306. The molecule has 0 aliphatic carbocycles. The van der Waals surface area contributed by atoms with Gasteiger partial charge in [-0.3, -0.25) is 0 Å². The lowest BCUT2D eigenvalue weighted by molar-refractivity contribution is 0.292. The van der Waals surface area contributed by atoms with Gasteiger partial charge in [-0.05, 0) is 30.5 Å². The lowest BCUT2D eigenvalue weighted by atomic mass is 10.1. The Labute approximate surface area is 103 Å². The lowest BCUT2D eigenvalue weighted by Crippen LogP contribution is -2.17. The van der Waals surface area contributed by atoms with Gasteiger partial charge in [0.1, 0.15) is 5.75 Å². The zero-order valence-electron chi connectivity index (χ0n) is 10.0. The molecule has 1 aromatic rings. The van der Waals surface area contributed by atoms with Crippen LogP contribution >= 0.6 is 12.4 Å². The van der Waals surface area contributed by atoms with E-state index >= 15 is 0 Å². The molecule has 0 amide bonds. The van der Waals surface area contributed by atoms with Crippen LogP contribution in [0, 0.1) is 13.8 Å². The van der Waals surface area contributed by atoms with Crippen LogP contribution < -0.4 is 10.1 Å². The van der Waals surface area contributed by atoms with Crippen LogP contribution in [-0.4, -0.2) is 25.4 Å². The van der Waals surface area contributed by atoms with E-state index in [-0.39, 0.29) is 19.0 Å². The largest absolute Gasteiger partial charge is 0.496 e. The summed E-state index contributed by atoms with van der Waals surface area (Å²) in [6.07, 6.45) is 0. The van der Waals surface area contributed by atoms with Crippen molar-refractivity contribution in [3.05, 3.63) is 28.8 Å². The molecule has 1 aromatic carbocycles. The molecule has 0 aliphatic rings. The van der Waals surface area contributed by atoms with Crippen molar-refractivity contribution in [3.8, 4) is 5.75 Å². The molecule has 0 aliphatic heterocycles. The van der Waals surface area contributed by atoms with E-state index in [2.05, 4.69) is 17.4 Å². The highest BCUT2D eigenvalue weighted by molar-refractivity contribution is 5.85. The quantitative estimate of drug-likeness (QED) is 0.778. The topological polar surface area (TPSA) is 41.5 Å². The van der Waals surface area contributed by atoms with Gasteiger partial charge in [0, 0.05) is 13.1 Å². The smallest absolute Gasteiger partial charge is 0.124 e. The van der Waals surface area contributed by atoms with Gasteiger partial charge in [0.15, 0.2) is 0 Å². The van der Waals surface area contributed by atoms with E-state index in [0.29, 0.717) is 6.54 Å². The van der Waals surface area contributed by atoms with E-state index in [4.69, 9.17) is 9.84 Å². The van der Waals surface area contributed by atoms with Crippen LogP contribution in [0.2, 0.25) is 0 Å². The van der Waals surface area contributed by atoms with Crippen molar-refractivity contribution in [2.24, 2.45) is 0 Å². The van der Waals surface area contributed by atoms with Crippen LogP contribution in [-0.2, 0) is 6.54 Å². The molecular weight excluding hydrogens is 226 g/mol. The predicted molar refractivity (Wildman–Crippen MR) is 68.5 cm³/mol. The van der Waals surface area contributed by atoms with Gasteiger partial charge in [-0.25, -0.2) is 0 Å². The Morgan fingerprint density at radius 3 is 2.25 bits per heavy atom. The van der Waals surface area contributed by atoms with Gasteiger partial charge >= 0.3 is 0 Å². The van der Waals surface area contributed by atoms with Gasteiger partial charge in [0.05, 0.1) is 13.7 Å². The summed E-state index contributed by atoms with van der Waals surface area (Å²) in [4.78, 5) is 0. The van der Waals surface area contributed by atoms with Crippen LogP contribution in [0.3, 0.4) is 0 Å². The van der Waals surface area contributed by atoms with Crippen molar-refractivity contribution in [2.75, 3.05) is 20.3 Å². The number of aliphatic hydroxyl groups is 1. The maximum absolute atomic E-state index is 8.65. The SMILES string of the molecule is COc1c(C)cc(CNCCO)cc1C.Cl. The van der Waals surface area contributed by atoms with Crippen LogP contribution in [0.25, 0.3) is 0 Å². The van der Waals surface area contributed by atoms with Crippen molar-refractivity contribution in [3.63, 3.8) is 0 Å². The molecule has 0 radical (unpaired) electrons. The molecule has 0 atom stereocenters. The monoisotopic (exact) mass is 245 g/mol. The van der Waals surface area contributed by atoms with Gasteiger partial charge in [-0.1, -0.05) is 12.1 Å². The second kappa shape index (κ2) is 7.49. The maximum atomic E-state index is 8.65. The average Bonchev–Trinajstić information content (AvgIpc) is 2.18. The molecule has 4 heteroatoms. The van der Waals surface area contributed by atoms with Crippen molar-refractivity contribution in [1.82, 2.24) is 5.32 Å². The third-order valence-corrected chi connectivity index (χ3v) is 2.34. The standard InChI is InChI=1S/C12H19NO2.ClH/c1-9-6-11(8-13-4-5-14)7-10(2)12(9)15-3;/h6-7,13-14H,4-5,8H2,1-3H3;1H. The number of aliphatic hydroxyl groups excluding tert-OH is 1. The minimum absolute atomic E-state index is 0. The molecule has 0 aromatic heterocycles. The lowest BCUT2D eigenvalue weighted by Gasteiger charge is -2.11. The summed E-state index contributed by atoms with van der Waals surface area (Å²) < 4.78 is 5.30. The molecule has 16 heavy (non-hydrogen) atoms. The fraction of sp³-hybridized carbons (Fsp3) is 0.500. The number of halogens is 1. The molecule has 3 nitrogen and oxygen atoms in total. The Hall–Kier alpha value is -0.770. The molecule has 1 rings (SSSR count). The van der Waals surface area contributed by atoms with E-state index in [0.717, 1.165) is 23.4 Å². The molecule has 0 bridgehead atoms. The summed E-state index contributed by atoms with van der Waals surface area (Å²) in [6, 6.07) is 4.21. The first-order valence-corrected chi connectivity index (χ1v) is 5.14. The Morgan fingerprint density at radius 1 is 1.25 bits per heavy atom. The van der Waals surface area contributed by atoms with Crippen LogP contribution in [0.1, 0.15) is 16.7 Å². The average molecular weight is 246 g/mol. The van der Waals surface area contributed by atoms with Crippen molar-refractivity contribution in [1.29, 1.82) is 0 Å². The minimum atomic E-state index is 0. The van der Waals surface area contributed by atoms with E-state index in [1.54, 1.807) is 7.11 Å². The second-order valence-electron chi connectivity index (χ2n) is 3.66. The van der Waals surface area contributed by atoms with E-state index in [1.165, 1.54) is 5.56 Å². The Balaban J connectivity index is 0.00000225. The second-order valence-corrected chi connectivity index (χ2v) is 3.66. The first kappa shape index (κ1) is 15.2.